The number of rotatable bonds is 5. The van der Waals surface area contributed by atoms with Crippen LogP contribution in [0.3, 0.4) is 0 Å². The van der Waals surface area contributed by atoms with E-state index in [9.17, 15) is 13.2 Å². The second kappa shape index (κ2) is 8.11. The fraction of sp³-hybridized carbons (Fsp3) is 0.261. The van der Waals surface area contributed by atoms with Gasteiger partial charge in [0.05, 0.1) is 12.5 Å². The Morgan fingerprint density at radius 1 is 0.968 bits per heavy atom. The number of benzene rings is 2. The van der Waals surface area contributed by atoms with E-state index in [4.69, 9.17) is 4.74 Å². The Morgan fingerprint density at radius 2 is 1.58 bits per heavy atom. The van der Waals surface area contributed by atoms with Gasteiger partial charge in [0.1, 0.15) is 15.7 Å². The van der Waals surface area contributed by atoms with Crippen molar-refractivity contribution < 1.29 is 17.9 Å². The van der Waals surface area contributed by atoms with Gasteiger partial charge < -0.3 is 10.1 Å². The van der Waals surface area contributed by atoms with Gasteiger partial charge in [0.25, 0.3) is 10.0 Å². The van der Waals surface area contributed by atoms with Gasteiger partial charge in [-0.3, -0.25) is 4.79 Å². The number of amides is 1. The van der Waals surface area contributed by atoms with Crippen molar-refractivity contribution in [1.82, 2.24) is 9.62 Å². The van der Waals surface area contributed by atoms with Gasteiger partial charge in [0.2, 0.25) is 5.91 Å². The molecule has 2 aliphatic rings. The molecule has 1 N–H and O–H groups in total. The van der Waals surface area contributed by atoms with Crippen molar-refractivity contribution in [1.29, 1.82) is 0 Å². The molecule has 0 bridgehead atoms. The Kier molecular flexibility index (Phi) is 5.29. The van der Waals surface area contributed by atoms with E-state index in [2.05, 4.69) is 5.32 Å². The molecule has 6 nitrogen and oxygen atoms in total. The van der Waals surface area contributed by atoms with Crippen LogP contribution < -0.4 is 10.1 Å². The first kappa shape index (κ1) is 20.2. The average Bonchev–Trinajstić information content (AvgIpc) is 3.49. The molecule has 1 amide bonds. The van der Waals surface area contributed by atoms with Gasteiger partial charge in [0.15, 0.2) is 0 Å². The molecule has 0 unspecified atom stereocenters. The smallest absolute Gasteiger partial charge is 0.252 e. The summed E-state index contributed by atoms with van der Waals surface area (Å²) in [4.78, 5) is 14.0. The minimum absolute atomic E-state index is 0.138. The molecule has 1 saturated heterocycles. The number of sulfonamides is 1. The molecule has 3 aromatic rings. The van der Waals surface area contributed by atoms with Crippen LogP contribution in [0.15, 0.2) is 64.9 Å². The summed E-state index contributed by atoms with van der Waals surface area (Å²) in [5.74, 6) is 0.738. The Balaban J connectivity index is 1.35. The van der Waals surface area contributed by atoms with Gasteiger partial charge in [-0.15, -0.1) is 11.3 Å². The molecule has 3 heterocycles. The van der Waals surface area contributed by atoms with Gasteiger partial charge in [0, 0.05) is 29.1 Å². The number of nitrogens with zero attached hydrogens (tertiary/aromatic N) is 1. The van der Waals surface area contributed by atoms with Crippen molar-refractivity contribution in [3.05, 3.63) is 76.7 Å². The molecule has 8 heteroatoms. The molecule has 5 rings (SSSR count). The van der Waals surface area contributed by atoms with E-state index in [1.807, 2.05) is 48.5 Å². The molecule has 0 aliphatic carbocycles. The SMILES string of the molecule is O=C(NCc1ccc(S(=O)(=O)N2CCCC2)s1)C1c2ccccc2Oc2ccccc21. The molecular weight excluding hydrogens is 432 g/mol. The molecular formula is C23H22N2O4S2. The van der Waals surface area contributed by atoms with Crippen molar-refractivity contribution in [3.8, 4) is 11.5 Å². The van der Waals surface area contributed by atoms with Crippen LogP contribution in [0.1, 0.15) is 34.8 Å². The van der Waals surface area contributed by atoms with E-state index in [-0.39, 0.29) is 12.5 Å². The highest BCUT2D eigenvalue weighted by molar-refractivity contribution is 7.91. The van der Waals surface area contributed by atoms with Crippen LogP contribution in [0.5, 0.6) is 11.5 Å². The number of ether oxygens (including phenoxy) is 1. The summed E-state index contributed by atoms with van der Waals surface area (Å²) >= 11 is 1.22. The normalized spacial score (nSPS) is 16.4. The predicted molar refractivity (Wildman–Crippen MR) is 119 cm³/mol. The summed E-state index contributed by atoms with van der Waals surface area (Å²) in [5, 5.41) is 2.99. The highest BCUT2D eigenvalue weighted by Crippen LogP contribution is 2.44. The van der Waals surface area contributed by atoms with Crippen LogP contribution in [-0.2, 0) is 21.4 Å². The van der Waals surface area contributed by atoms with Crippen LogP contribution >= 0.6 is 11.3 Å². The zero-order chi connectivity index (χ0) is 21.4. The second-order valence-electron chi connectivity index (χ2n) is 7.66. The molecule has 31 heavy (non-hydrogen) atoms. The zero-order valence-electron chi connectivity index (χ0n) is 16.8. The number of hydrogen-bond acceptors (Lipinski definition) is 5. The van der Waals surface area contributed by atoms with Gasteiger partial charge >= 0.3 is 0 Å². The number of hydrogen-bond donors (Lipinski definition) is 1. The van der Waals surface area contributed by atoms with Crippen molar-refractivity contribution >= 4 is 27.3 Å². The van der Waals surface area contributed by atoms with E-state index in [0.29, 0.717) is 28.8 Å². The van der Waals surface area contributed by atoms with E-state index in [1.54, 1.807) is 12.1 Å². The molecule has 1 aromatic heterocycles. The van der Waals surface area contributed by atoms with E-state index < -0.39 is 15.9 Å². The van der Waals surface area contributed by atoms with Crippen molar-refractivity contribution in [3.63, 3.8) is 0 Å². The first-order chi connectivity index (χ1) is 15.0. The van der Waals surface area contributed by atoms with Gasteiger partial charge in [-0.05, 0) is 37.1 Å². The van der Waals surface area contributed by atoms with Gasteiger partial charge in [-0.25, -0.2) is 8.42 Å². The minimum Gasteiger partial charge on any atom is -0.457 e. The summed E-state index contributed by atoms with van der Waals surface area (Å²) in [6, 6.07) is 18.5. The van der Waals surface area contributed by atoms with Gasteiger partial charge in [-0.1, -0.05) is 36.4 Å². The number of nitrogens with one attached hydrogen (secondary N) is 1. The molecule has 0 atom stereocenters. The monoisotopic (exact) mass is 454 g/mol. The highest BCUT2D eigenvalue weighted by atomic mass is 32.2. The Bertz CT molecular complexity index is 1180. The Hall–Kier alpha value is -2.68. The maximum absolute atomic E-state index is 13.2. The first-order valence-corrected chi connectivity index (χ1v) is 12.5. The summed E-state index contributed by atoms with van der Waals surface area (Å²) in [6.07, 6.45) is 1.81. The largest absolute Gasteiger partial charge is 0.457 e. The number of thiophene rings is 1. The first-order valence-electron chi connectivity index (χ1n) is 10.3. The highest BCUT2D eigenvalue weighted by Gasteiger charge is 2.32. The molecule has 2 aromatic carbocycles. The van der Waals surface area contributed by atoms with E-state index in [0.717, 1.165) is 28.8 Å². The molecule has 0 radical (unpaired) electrons. The maximum Gasteiger partial charge on any atom is 0.252 e. The number of carbonyl (C=O) groups excluding carboxylic acids is 1. The summed E-state index contributed by atoms with van der Waals surface area (Å²) in [6.45, 7) is 1.43. The summed E-state index contributed by atoms with van der Waals surface area (Å²) in [7, 11) is -3.43. The number of para-hydroxylation sites is 2. The van der Waals surface area contributed by atoms with E-state index in [1.165, 1.54) is 15.6 Å². The van der Waals surface area contributed by atoms with Gasteiger partial charge in [-0.2, -0.15) is 4.31 Å². The quantitative estimate of drug-likeness (QED) is 0.630. The standard InChI is InChI=1S/C23H22N2O4S2/c26-23(22-17-7-1-3-9-19(17)29-20-10-4-2-8-18(20)22)24-15-16-11-12-21(30-16)31(27,28)25-13-5-6-14-25/h1-4,7-12,22H,5-6,13-15H2,(H,24,26). The molecule has 0 saturated carbocycles. The number of carbonyl (C=O) groups is 1. The zero-order valence-corrected chi connectivity index (χ0v) is 18.4. The average molecular weight is 455 g/mol. The van der Waals surface area contributed by atoms with Crippen LogP contribution in [-0.4, -0.2) is 31.7 Å². The maximum atomic E-state index is 13.2. The molecule has 160 valence electrons. The van der Waals surface area contributed by atoms with Crippen LogP contribution in [0.2, 0.25) is 0 Å². The summed E-state index contributed by atoms with van der Waals surface area (Å²) < 4.78 is 33.3. The van der Waals surface area contributed by atoms with Crippen molar-refractivity contribution in [2.75, 3.05) is 13.1 Å². The molecule has 1 fully saturated rings. The van der Waals surface area contributed by atoms with Crippen LogP contribution in [0, 0.1) is 0 Å². The lowest BCUT2D eigenvalue weighted by Crippen LogP contribution is -2.31. The van der Waals surface area contributed by atoms with E-state index >= 15 is 0 Å². The van der Waals surface area contributed by atoms with Crippen LogP contribution in [0.4, 0.5) is 0 Å². The lowest BCUT2D eigenvalue weighted by Gasteiger charge is -2.27. The van der Waals surface area contributed by atoms with Crippen molar-refractivity contribution in [2.24, 2.45) is 0 Å². The number of fused-ring (bicyclic) bond motifs is 2. The third-order valence-corrected chi connectivity index (χ3v) is 9.13. The predicted octanol–water partition coefficient (Wildman–Crippen LogP) is 4.09. The Morgan fingerprint density at radius 3 is 2.23 bits per heavy atom. The Labute approximate surface area is 185 Å². The third-order valence-electron chi connectivity index (χ3n) is 5.68. The van der Waals surface area contributed by atoms with Crippen LogP contribution in [0.25, 0.3) is 0 Å². The second-order valence-corrected chi connectivity index (χ2v) is 11.0. The van der Waals surface area contributed by atoms with Crippen molar-refractivity contribution in [2.45, 2.75) is 29.5 Å². The lowest BCUT2D eigenvalue weighted by atomic mass is 9.87. The lowest BCUT2D eigenvalue weighted by molar-refractivity contribution is -0.122. The molecule has 0 spiro atoms. The third kappa shape index (κ3) is 3.75. The molecule has 2 aliphatic heterocycles. The summed E-state index contributed by atoms with van der Waals surface area (Å²) in [5.41, 5.74) is 1.64. The minimum atomic E-state index is -3.43. The fourth-order valence-corrected chi connectivity index (χ4v) is 7.08. The topological polar surface area (TPSA) is 75.7 Å². The fourth-order valence-electron chi connectivity index (χ4n) is 4.12.